The van der Waals surface area contributed by atoms with Crippen molar-refractivity contribution in [3.8, 4) is 0 Å². The van der Waals surface area contributed by atoms with Crippen LogP contribution in [-0.2, 0) is 10.3 Å². The van der Waals surface area contributed by atoms with Crippen molar-refractivity contribution in [1.82, 2.24) is 9.97 Å². The highest BCUT2D eigenvalue weighted by Gasteiger charge is 2.33. The van der Waals surface area contributed by atoms with Crippen LogP contribution in [-0.4, -0.2) is 21.6 Å². The van der Waals surface area contributed by atoms with Crippen LogP contribution >= 0.6 is 11.8 Å². The van der Waals surface area contributed by atoms with Gasteiger partial charge < -0.3 is 11.5 Å². The molecule has 0 saturated heterocycles. The van der Waals surface area contributed by atoms with Gasteiger partial charge in [0.25, 0.3) is 0 Å². The van der Waals surface area contributed by atoms with Crippen LogP contribution in [0.1, 0.15) is 12.0 Å². The maximum Gasteiger partial charge on any atom is 0.242 e. The minimum atomic E-state index is -1.16. The monoisotopic (exact) mass is 288 g/mol. The first-order chi connectivity index (χ1) is 9.63. The van der Waals surface area contributed by atoms with E-state index in [0.717, 1.165) is 10.6 Å². The zero-order chi connectivity index (χ0) is 14.4. The molecule has 0 aliphatic rings. The number of nitrogens with two attached hydrogens (primary N) is 2. The van der Waals surface area contributed by atoms with Crippen LogP contribution in [0.15, 0.2) is 53.9 Å². The van der Waals surface area contributed by atoms with Gasteiger partial charge in [0.2, 0.25) is 5.91 Å². The minimum Gasteiger partial charge on any atom is -0.368 e. The summed E-state index contributed by atoms with van der Waals surface area (Å²) in [5.41, 5.74) is 11.3. The second kappa shape index (κ2) is 6.49. The average molecular weight is 288 g/mol. The number of aromatic nitrogens is 2. The molecule has 0 aliphatic heterocycles. The van der Waals surface area contributed by atoms with Gasteiger partial charge >= 0.3 is 0 Å². The number of thioether (sulfide) groups is 1. The van der Waals surface area contributed by atoms with Crippen LogP contribution in [0.2, 0.25) is 0 Å². The van der Waals surface area contributed by atoms with Crippen LogP contribution < -0.4 is 11.5 Å². The fourth-order valence-electron chi connectivity index (χ4n) is 1.82. The van der Waals surface area contributed by atoms with Gasteiger partial charge in [0.05, 0.1) is 6.20 Å². The van der Waals surface area contributed by atoms with Gasteiger partial charge in [-0.15, -0.1) is 11.8 Å². The molecular weight excluding hydrogens is 272 g/mol. The van der Waals surface area contributed by atoms with E-state index < -0.39 is 11.4 Å². The molecule has 2 rings (SSSR count). The summed E-state index contributed by atoms with van der Waals surface area (Å²) >= 11 is 1.50. The lowest BCUT2D eigenvalue weighted by Crippen LogP contribution is -2.49. The van der Waals surface area contributed by atoms with Gasteiger partial charge in [-0.1, -0.05) is 30.3 Å². The molecular formula is C14H16N4OS. The fraction of sp³-hybridized carbons (Fsp3) is 0.214. The molecule has 4 N–H and O–H groups in total. The second-order valence-electron chi connectivity index (χ2n) is 4.34. The first-order valence-corrected chi connectivity index (χ1v) is 7.14. The second-order valence-corrected chi connectivity index (χ2v) is 5.46. The van der Waals surface area contributed by atoms with Gasteiger partial charge in [0.1, 0.15) is 10.6 Å². The summed E-state index contributed by atoms with van der Waals surface area (Å²) in [6.07, 6.45) is 5.36. The van der Waals surface area contributed by atoms with Crippen LogP contribution in [0.5, 0.6) is 0 Å². The highest BCUT2D eigenvalue weighted by atomic mass is 32.2. The van der Waals surface area contributed by atoms with Crippen LogP contribution in [0.4, 0.5) is 0 Å². The van der Waals surface area contributed by atoms with E-state index in [-0.39, 0.29) is 0 Å². The third-order valence-electron chi connectivity index (χ3n) is 3.01. The molecule has 1 amide bonds. The first kappa shape index (κ1) is 14.5. The number of hydrogen-bond acceptors (Lipinski definition) is 5. The highest BCUT2D eigenvalue weighted by Crippen LogP contribution is 2.25. The standard InChI is InChI=1S/C14H16N4OS/c15-13(19)14(16,11-4-2-1-3-5-11)6-9-20-12-10-17-7-8-18-12/h1-5,7-8,10H,6,9,16H2,(H2,15,19). The van der Waals surface area contributed by atoms with Crippen molar-refractivity contribution in [2.75, 3.05) is 5.75 Å². The van der Waals surface area contributed by atoms with Crippen molar-refractivity contribution >= 4 is 17.7 Å². The Morgan fingerprint density at radius 2 is 2.00 bits per heavy atom. The van der Waals surface area contributed by atoms with Gasteiger partial charge in [-0.25, -0.2) is 4.98 Å². The number of nitrogens with zero attached hydrogens (tertiary/aromatic N) is 2. The largest absolute Gasteiger partial charge is 0.368 e. The van der Waals surface area contributed by atoms with Crippen LogP contribution in [0, 0.1) is 0 Å². The molecule has 1 aromatic heterocycles. The Bertz CT molecular complexity index is 564. The van der Waals surface area contributed by atoms with E-state index in [0.29, 0.717) is 12.2 Å². The van der Waals surface area contributed by atoms with Crippen molar-refractivity contribution in [2.24, 2.45) is 11.5 Å². The molecule has 0 radical (unpaired) electrons. The summed E-state index contributed by atoms with van der Waals surface area (Å²) in [6.45, 7) is 0. The summed E-state index contributed by atoms with van der Waals surface area (Å²) in [7, 11) is 0. The molecule has 6 heteroatoms. The Balaban J connectivity index is 2.05. The lowest BCUT2D eigenvalue weighted by Gasteiger charge is -2.26. The number of benzene rings is 1. The van der Waals surface area contributed by atoms with Gasteiger partial charge in [-0.05, 0) is 12.0 Å². The number of rotatable bonds is 6. The topological polar surface area (TPSA) is 94.9 Å². The lowest BCUT2D eigenvalue weighted by atomic mass is 9.88. The Kier molecular flexibility index (Phi) is 4.70. The molecule has 1 unspecified atom stereocenters. The number of carbonyl (C=O) groups excluding carboxylic acids is 1. The van der Waals surface area contributed by atoms with Crippen LogP contribution in [0.25, 0.3) is 0 Å². The molecule has 20 heavy (non-hydrogen) atoms. The Labute approximate surface area is 121 Å². The molecule has 0 spiro atoms. The maximum atomic E-state index is 11.7. The summed E-state index contributed by atoms with van der Waals surface area (Å²) in [4.78, 5) is 19.9. The number of hydrogen-bond donors (Lipinski definition) is 2. The summed E-state index contributed by atoms with van der Waals surface area (Å²) in [6, 6.07) is 9.19. The average Bonchev–Trinajstić information content (AvgIpc) is 2.49. The van der Waals surface area contributed by atoms with Gasteiger partial charge in [0, 0.05) is 18.1 Å². The summed E-state index contributed by atoms with van der Waals surface area (Å²) in [5.74, 6) is 0.107. The Hall–Kier alpha value is -1.92. The molecule has 1 atom stereocenters. The van der Waals surface area contributed by atoms with E-state index in [1.54, 1.807) is 18.6 Å². The first-order valence-electron chi connectivity index (χ1n) is 6.16. The smallest absolute Gasteiger partial charge is 0.242 e. The third kappa shape index (κ3) is 3.34. The van der Waals surface area contributed by atoms with Gasteiger partial charge in [-0.3, -0.25) is 9.78 Å². The van der Waals surface area contributed by atoms with E-state index >= 15 is 0 Å². The van der Waals surface area contributed by atoms with Crippen molar-refractivity contribution < 1.29 is 4.79 Å². The van der Waals surface area contributed by atoms with Crippen molar-refractivity contribution in [3.63, 3.8) is 0 Å². The van der Waals surface area contributed by atoms with Crippen molar-refractivity contribution in [3.05, 3.63) is 54.5 Å². The molecule has 0 bridgehead atoms. The SMILES string of the molecule is NC(=O)C(N)(CCSc1cnccn1)c1ccccc1. The molecule has 0 aliphatic carbocycles. The minimum absolute atomic E-state index is 0.438. The normalized spacial score (nSPS) is 13.7. The highest BCUT2D eigenvalue weighted by molar-refractivity contribution is 7.99. The fourth-order valence-corrected chi connectivity index (χ4v) is 2.73. The molecule has 0 fully saturated rings. The Morgan fingerprint density at radius 1 is 1.25 bits per heavy atom. The Morgan fingerprint density at radius 3 is 2.60 bits per heavy atom. The quantitative estimate of drug-likeness (QED) is 0.781. The number of primary amides is 1. The van der Waals surface area contributed by atoms with E-state index in [1.165, 1.54) is 11.8 Å². The molecule has 1 heterocycles. The molecule has 1 aromatic carbocycles. The van der Waals surface area contributed by atoms with E-state index in [9.17, 15) is 4.79 Å². The lowest BCUT2D eigenvalue weighted by molar-refractivity contribution is -0.123. The molecule has 5 nitrogen and oxygen atoms in total. The molecule has 2 aromatic rings. The number of amides is 1. The van der Waals surface area contributed by atoms with Crippen LogP contribution in [0.3, 0.4) is 0 Å². The predicted octanol–water partition coefficient (Wildman–Crippen LogP) is 1.30. The molecule has 104 valence electrons. The van der Waals surface area contributed by atoms with E-state index in [2.05, 4.69) is 9.97 Å². The maximum absolute atomic E-state index is 11.7. The van der Waals surface area contributed by atoms with E-state index in [1.807, 2.05) is 30.3 Å². The van der Waals surface area contributed by atoms with Crippen molar-refractivity contribution in [1.29, 1.82) is 0 Å². The zero-order valence-electron chi connectivity index (χ0n) is 10.9. The predicted molar refractivity (Wildman–Crippen MR) is 78.9 cm³/mol. The molecule has 0 saturated carbocycles. The van der Waals surface area contributed by atoms with Crippen molar-refractivity contribution in [2.45, 2.75) is 17.0 Å². The van der Waals surface area contributed by atoms with Gasteiger partial charge in [-0.2, -0.15) is 0 Å². The number of carbonyl (C=O) groups is 1. The van der Waals surface area contributed by atoms with E-state index in [4.69, 9.17) is 11.5 Å². The summed E-state index contributed by atoms with van der Waals surface area (Å²) in [5, 5.41) is 0.799. The summed E-state index contributed by atoms with van der Waals surface area (Å²) < 4.78 is 0. The zero-order valence-corrected chi connectivity index (χ0v) is 11.7. The third-order valence-corrected chi connectivity index (χ3v) is 3.93. The van der Waals surface area contributed by atoms with Gasteiger partial charge in [0.15, 0.2) is 0 Å².